The van der Waals surface area contributed by atoms with Gasteiger partial charge in [-0.3, -0.25) is 9.52 Å². The van der Waals surface area contributed by atoms with Gasteiger partial charge in [-0.05, 0) is 43.2 Å². The Balaban J connectivity index is 1.87. The molecule has 1 aliphatic heterocycles. The van der Waals surface area contributed by atoms with E-state index in [1.54, 1.807) is 29.2 Å². The maximum atomic E-state index is 13.7. The van der Waals surface area contributed by atoms with Gasteiger partial charge in [0.05, 0.1) is 5.69 Å². The van der Waals surface area contributed by atoms with Gasteiger partial charge >= 0.3 is 0 Å². The van der Waals surface area contributed by atoms with E-state index in [1.165, 1.54) is 18.2 Å². The largest absolute Gasteiger partial charge is 0.312 e. The Morgan fingerprint density at radius 2 is 1.83 bits per heavy atom. The Hall–Kier alpha value is -2.41. The Labute approximate surface area is 140 Å². The summed E-state index contributed by atoms with van der Waals surface area (Å²) in [5, 5.41) is 0. The van der Waals surface area contributed by atoms with Crippen LogP contribution in [0, 0.1) is 5.82 Å². The fraction of sp³-hybridized carbons (Fsp3) is 0.235. The molecule has 2 aromatic carbocycles. The summed E-state index contributed by atoms with van der Waals surface area (Å²) in [5.74, 6) is -0.789. The van der Waals surface area contributed by atoms with Crippen molar-refractivity contribution in [2.45, 2.75) is 24.2 Å². The summed E-state index contributed by atoms with van der Waals surface area (Å²) in [7, 11) is -4.03. The summed E-state index contributed by atoms with van der Waals surface area (Å²) in [5.41, 5.74) is 0.919. The molecule has 1 N–H and O–H groups in total. The molecule has 0 saturated carbocycles. The molecule has 1 saturated heterocycles. The van der Waals surface area contributed by atoms with Crippen LogP contribution in [0.4, 0.5) is 15.8 Å². The molecule has 2 aromatic rings. The first-order valence-corrected chi connectivity index (χ1v) is 9.13. The van der Waals surface area contributed by atoms with Gasteiger partial charge in [0.1, 0.15) is 10.7 Å². The third kappa shape index (κ3) is 3.41. The molecule has 0 aliphatic carbocycles. The predicted octanol–water partition coefficient (Wildman–Crippen LogP) is 3.14. The number of carbonyl (C=O) groups is 1. The fourth-order valence-electron chi connectivity index (χ4n) is 2.69. The number of piperidine rings is 1. The average molecular weight is 348 g/mol. The maximum absolute atomic E-state index is 13.7. The molecule has 0 radical (unpaired) electrons. The molecule has 0 atom stereocenters. The van der Waals surface area contributed by atoms with E-state index < -0.39 is 20.7 Å². The first kappa shape index (κ1) is 16.4. The number of nitrogens with one attached hydrogen (secondary N) is 1. The van der Waals surface area contributed by atoms with Crippen molar-refractivity contribution in [1.82, 2.24) is 0 Å². The van der Waals surface area contributed by atoms with Crippen molar-refractivity contribution in [3.8, 4) is 0 Å². The van der Waals surface area contributed by atoms with Gasteiger partial charge in [-0.25, -0.2) is 12.8 Å². The van der Waals surface area contributed by atoms with Crippen molar-refractivity contribution >= 4 is 27.3 Å². The number of hydrogen-bond acceptors (Lipinski definition) is 3. The monoisotopic (exact) mass is 348 g/mol. The molecule has 0 bridgehead atoms. The van der Waals surface area contributed by atoms with Crippen molar-refractivity contribution in [2.24, 2.45) is 0 Å². The summed E-state index contributed by atoms with van der Waals surface area (Å²) in [6.07, 6.45) is 2.27. The number of amides is 1. The minimum absolute atomic E-state index is 0.0235. The number of anilines is 2. The van der Waals surface area contributed by atoms with Gasteiger partial charge in [-0.2, -0.15) is 0 Å². The van der Waals surface area contributed by atoms with Crippen LogP contribution in [-0.4, -0.2) is 20.9 Å². The molecular formula is C17H17FN2O3S. The van der Waals surface area contributed by atoms with E-state index in [9.17, 15) is 17.6 Å². The molecule has 3 rings (SSSR count). The van der Waals surface area contributed by atoms with Crippen molar-refractivity contribution < 1.29 is 17.6 Å². The first-order valence-electron chi connectivity index (χ1n) is 7.65. The summed E-state index contributed by atoms with van der Waals surface area (Å²) in [4.78, 5) is 13.2. The number of sulfonamides is 1. The number of carbonyl (C=O) groups excluding carboxylic acids is 1. The van der Waals surface area contributed by atoms with Crippen LogP contribution >= 0.6 is 0 Å². The van der Waals surface area contributed by atoms with Crippen LogP contribution in [0.25, 0.3) is 0 Å². The highest BCUT2D eigenvalue weighted by molar-refractivity contribution is 7.92. The second-order valence-electron chi connectivity index (χ2n) is 5.59. The molecule has 7 heteroatoms. The van der Waals surface area contributed by atoms with Crippen LogP contribution in [-0.2, 0) is 14.8 Å². The molecule has 24 heavy (non-hydrogen) atoms. The van der Waals surface area contributed by atoms with Gasteiger partial charge in [-0.1, -0.05) is 18.2 Å². The highest BCUT2D eigenvalue weighted by Gasteiger charge is 2.21. The summed E-state index contributed by atoms with van der Waals surface area (Å²) >= 11 is 0. The van der Waals surface area contributed by atoms with E-state index in [-0.39, 0.29) is 11.6 Å². The maximum Gasteiger partial charge on any atom is 0.264 e. The highest BCUT2D eigenvalue weighted by atomic mass is 32.2. The van der Waals surface area contributed by atoms with Gasteiger partial charge in [0.15, 0.2) is 0 Å². The standard InChI is InChI=1S/C17H17FN2O3S/c18-15-8-1-2-9-16(15)24(22,23)19-13-6-5-7-14(12-13)20-11-4-3-10-17(20)21/h1-2,5-9,12,19H,3-4,10-11H2. The molecule has 126 valence electrons. The van der Waals surface area contributed by atoms with Crippen LogP contribution in [0.2, 0.25) is 0 Å². The highest BCUT2D eigenvalue weighted by Crippen LogP contribution is 2.25. The zero-order valence-electron chi connectivity index (χ0n) is 12.9. The van der Waals surface area contributed by atoms with Crippen LogP contribution in [0.3, 0.4) is 0 Å². The van der Waals surface area contributed by atoms with Crippen molar-refractivity contribution in [2.75, 3.05) is 16.2 Å². The zero-order valence-corrected chi connectivity index (χ0v) is 13.7. The van der Waals surface area contributed by atoms with Crippen LogP contribution < -0.4 is 9.62 Å². The Kier molecular flexibility index (Phi) is 4.53. The number of halogens is 1. The molecule has 1 aliphatic rings. The van der Waals surface area contributed by atoms with Gasteiger partial charge in [0, 0.05) is 18.7 Å². The van der Waals surface area contributed by atoms with Crippen molar-refractivity contribution in [3.05, 3.63) is 54.3 Å². The second kappa shape index (κ2) is 6.60. The third-order valence-electron chi connectivity index (χ3n) is 3.86. The summed E-state index contributed by atoms with van der Waals surface area (Å²) < 4.78 is 40.8. The van der Waals surface area contributed by atoms with Gasteiger partial charge in [-0.15, -0.1) is 0 Å². The Bertz CT molecular complexity index is 868. The smallest absolute Gasteiger partial charge is 0.264 e. The molecule has 0 unspecified atom stereocenters. The quantitative estimate of drug-likeness (QED) is 0.923. The van der Waals surface area contributed by atoms with E-state index in [1.807, 2.05) is 0 Å². The lowest BCUT2D eigenvalue weighted by atomic mass is 10.1. The van der Waals surface area contributed by atoms with Crippen LogP contribution in [0.15, 0.2) is 53.4 Å². The molecule has 1 fully saturated rings. The molecular weight excluding hydrogens is 331 g/mol. The van der Waals surface area contributed by atoms with E-state index in [0.717, 1.165) is 18.9 Å². The van der Waals surface area contributed by atoms with Crippen molar-refractivity contribution in [3.63, 3.8) is 0 Å². The number of hydrogen-bond donors (Lipinski definition) is 1. The Morgan fingerprint density at radius 3 is 2.58 bits per heavy atom. The lowest BCUT2D eigenvalue weighted by molar-refractivity contribution is -0.119. The van der Waals surface area contributed by atoms with Gasteiger partial charge in [0.2, 0.25) is 5.91 Å². The molecule has 0 aromatic heterocycles. The number of rotatable bonds is 4. The van der Waals surface area contributed by atoms with E-state index in [4.69, 9.17) is 0 Å². The number of benzene rings is 2. The predicted molar refractivity (Wildman–Crippen MR) is 89.9 cm³/mol. The van der Waals surface area contributed by atoms with Crippen LogP contribution in [0.1, 0.15) is 19.3 Å². The minimum atomic E-state index is -4.03. The van der Waals surface area contributed by atoms with Crippen LogP contribution in [0.5, 0.6) is 0 Å². The molecule has 5 nitrogen and oxygen atoms in total. The third-order valence-corrected chi connectivity index (χ3v) is 5.27. The van der Waals surface area contributed by atoms with E-state index in [2.05, 4.69) is 4.72 Å². The normalized spacial score (nSPS) is 15.4. The average Bonchev–Trinajstić information content (AvgIpc) is 2.55. The second-order valence-corrected chi connectivity index (χ2v) is 7.24. The Morgan fingerprint density at radius 1 is 1.04 bits per heavy atom. The first-order chi connectivity index (χ1) is 11.5. The molecule has 1 amide bonds. The topological polar surface area (TPSA) is 66.5 Å². The SMILES string of the molecule is O=C1CCCCN1c1cccc(NS(=O)(=O)c2ccccc2F)c1. The molecule has 1 heterocycles. The number of nitrogens with zero attached hydrogens (tertiary/aromatic N) is 1. The van der Waals surface area contributed by atoms with Crippen molar-refractivity contribution in [1.29, 1.82) is 0 Å². The molecule has 0 spiro atoms. The van der Waals surface area contributed by atoms with Gasteiger partial charge in [0.25, 0.3) is 10.0 Å². The van der Waals surface area contributed by atoms with Gasteiger partial charge < -0.3 is 4.90 Å². The fourth-order valence-corrected chi connectivity index (χ4v) is 3.82. The van der Waals surface area contributed by atoms with E-state index in [0.29, 0.717) is 18.7 Å². The zero-order chi connectivity index (χ0) is 17.2. The lowest BCUT2D eigenvalue weighted by Crippen LogP contribution is -2.35. The summed E-state index contributed by atoms with van der Waals surface area (Å²) in [6.45, 7) is 0.613. The lowest BCUT2D eigenvalue weighted by Gasteiger charge is -2.27. The van der Waals surface area contributed by atoms with E-state index >= 15 is 0 Å². The minimum Gasteiger partial charge on any atom is -0.312 e. The summed E-state index contributed by atoms with van der Waals surface area (Å²) in [6, 6.07) is 11.8.